The number of hydrogen-bond donors (Lipinski definition) is 3. The number of carbonyl (C=O) groups is 1. The molecule has 2 unspecified atom stereocenters. The molecule has 0 bridgehead atoms. The predicted molar refractivity (Wildman–Crippen MR) is 87.9 cm³/mol. The summed E-state index contributed by atoms with van der Waals surface area (Å²) in [5.74, 6) is -0.332. The number of nitrogens with one attached hydrogen (secondary N) is 3. The Balaban J connectivity index is 0.00000242. The summed E-state index contributed by atoms with van der Waals surface area (Å²) in [5.41, 5.74) is 0. The third kappa shape index (κ3) is 5.10. The van der Waals surface area contributed by atoms with E-state index in [0.29, 0.717) is 11.6 Å². The molecular weight excluding hydrogens is 349 g/mol. The average molecular weight is 368 g/mol. The third-order valence-electron chi connectivity index (χ3n) is 3.26. The molecule has 22 heavy (non-hydrogen) atoms. The van der Waals surface area contributed by atoms with E-state index in [4.69, 9.17) is 11.6 Å². The van der Waals surface area contributed by atoms with Crippen molar-refractivity contribution in [1.29, 1.82) is 0 Å². The van der Waals surface area contributed by atoms with Crippen LogP contribution in [0.15, 0.2) is 29.2 Å². The summed E-state index contributed by atoms with van der Waals surface area (Å²) in [7, 11) is -3.74. The van der Waals surface area contributed by atoms with Gasteiger partial charge in [0.2, 0.25) is 15.9 Å². The summed E-state index contributed by atoms with van der Waals surface area (Å²) >= 11 is 5.73. The number of amides is 1. The molecule has 6 nitrogen and oxygen atoms in total. The molecule has 3 N–H and O–H groups in total. The monoisotopic (exact) mass is 367 g/mol. The van der Waals surface area contributed by atoms with E-state index < -0.39 is 16.1 Å². The van der Waals surface area contributed by atoms with Crippen molar-refractivity contribution in [2.75, 3.05) is 13.1 Å². The van der Waals surface area contributed by atoms with E-state index in [2.05, 4.69) is 15.4 Å². The lowest BCUT2D eigenvalue weighted by Gasteiger charge is -2.17. The Morgan fingerprint density at radius 2 is 2.00 bits per heavy atom. The molecule has 1 saturated heterocycles. The third-order valence-corrected chi connectivity index (χ3v) is 5.06. The van der Waals surface area contributed by atoms with Gasteiger partial charge < -0.3 is 10.6 Å². The van der Waals surface area contributed by atoms with Crippen LogP contribution < -0.4 is 15.4 Å². The van der Waals surface area contributed by atoms with Crippen LogP contribution in [-0.4, -0.2) is 39.5 Å². The molecule has 1 amide bonds. The van der Waals surface area contributed by atoms with Crippen molar-refractivity contribution in [1.82, 2.24) is 15.4 Å². The first kappa shape index (κ1) is 19.2. The van der Waals surface area contributed by atoms with Gasteiger partial charge in [0, 0.05) is 17.6 Å². The van der Waals surface area contributed by atoms with Gasteiger partial charge in [-0.15, -0.1) is 12.4 Å². The Bertz CT molecular complexity index is 601. The Morgan fingerprint density at radius 1 is 1.36 bits per heavy atom. The van der Waals surface area contributed by atoms with Gasteiger partial charge in [0.1, 0.15) is 0 Å². The second-order valence-electron chi connectivity index (χ2n) is 5.00. The summed E-state index contributed by atoms with van der Waals surface area (Å²) in [6.07, 6.45) is 0.850. The summed E-state index contributed by atoms with van der Waals surface area (Å²) in [5, 5.41) is 6.39. The topological polar surface area (TPSA) is 87.3 Å². The highest BCUT2D eigenvalue weighted by Gasteiger charge is 2.24. The number of rotatable bonds is 5. The standard InChI is InChI=1S/C13H18ClN3O3S.ClH/c1-9(13(18)16-11-6-7-15-8-11)17-21(19,20)12-4-2-10(14)3-5-12;/h2-5,9,11,15,17H,6-8H2,1H3,(H,16,18);1H. The number of halogens is 2. The van der Waals surface area contributed by atoms with Crippen molar-refractivity contribution >= 4 is 39.9 Å². The van der Waals surface area contributed by atoms with Crippen LogP contribution in [0.1, 0.15) is 13.3 Å². The fraction of sp³-hybridized carbons (Fsp3) is 0.462. The molecule has 0 spiro atoms. The average Bonchev–Trinajstić information content (AvgIpc) is 2.91. The Morgan fingerprint density at radius 3 is 2.55 bits per heavy atom. The van der Waals surface area contributed by atoms with Crippen LogP contribution in [0.25, 0.3) is 0 Å². The maximum Gasteiger partial charge on any atom is 0.241 e. The molecule has 2 rings (SSSR count). The van der Waals surface area contributed by atoms with Crippen LogP contribution in [0.4, 0.5) is 0 Å². The summed E-state index contributed by atoms with van der Waals surface area (Å²) in [6, 6.07) is 4.99. The first-order valence-corrected chi connectivity index (χ1v) is 8.53. The zero-order valence-corrected chi connectivity index (χ0v) is 14.4. The summed E-state index contributed by atoms with van der Waals surface area (Å²) < 4.78 is 26.7. The van der Waals surface area contributed by atoms with Gasteiger partial charge in [-0.05, 0) is 44.2 Å². The molecule has 0 aromatic heterocycles. The molecule has 0 radical (unpaired) electrons. The zero-order valence-electron chi connectivity index (χ0n) is 12.0. The van der Waals surface area contributed by atoms with Crippen LogP contribution in [0.5, 0.6) is 0 Å². The lowest BCUT2D eigenvalue weighted by atomic mass is 10.2. The Hall–Kier alpha value is -0.860. The molecule has 1 heterocycles. The number of hydrogen-bond acceptors (Lipinski definition) is 4. The first-order valence-electron chi connectivity index (χ1n) is 6.67. The van der Waals surface area contributed by atoms with Crippen molar-refractivity contribution in [2.45, 2.75) is 30.3 Å². The Labute approximate surface area is 141 Å². The first-order chi connectivity index (χ1) is 9.88. The molecule has 2 atom stereocenters. The number of sulfonamides is 1. The molecule has 0 aliphatic carbocycles. The molecule has 1 aliphatic heterocycles. The van der Waals surface area contributed by atoms with E-state index >= 15 is 0 Å². The minimum atomic E-state index is -3.74. The molecule has 0 saturated carbocycles. The van der Waals surface area contributed by atoms with Gasteiger partial charge in [-0.3, -0.25) is 4.79 Å². The van der Waals surface area contributed by atoms with Gasteiger partial charge in [-0.2, -0.15) is 4.72 Å². The fourth-order valence-electron chi connectivity index (χ4n) is 2.07. The van der Waals surface area contributed by atoms with Gasteiger partial charge in [0.15, 0.2) is 0 Å². The highest BCUT2D eigenvalue weighted by Crippen LogP contribution is 2.14. The van der Waals surface area contributed by atoms with Gasteiger partial charge >= 0.3 is 0 Å². The second kappa shape index (κ2) is 8.12. The van der Waals surface area contributed by atoms with E-state index in [1.165, 1.54) is 31.2 Å². The van der Waals surface area contributed by atoms with Crippen LogP contribution in [-0.2, 0) is 14.8 Å². The fourth-order valence-corrected chi connectivity index (χ4v) is 3.40. The second-order valence-corrected chi connectivity index (χ2v) is 7.15. The van der Waals surface area contributed by atoms with Crippen LogP contribution >= 0.6 is 24.0 Å². The van der Waals surface area contributed by atoms with E-state index in [9.17, 15) is 13.2 Å². The van der Waals surface area contributed by atoms with E-state index in [1.807, 2.05) is 0 Å². The van der Waals surface area contributed by atoms with Crippen molar-refractivity contribution in [2.24, 2.45) is 0 Å². The lowest BCUT2D eigenvalue weighted by molar-refractivity contribution is -0.122. The van der Waals surface area contributed by atoms with Crippen LogP contribution in [0, 0.1) is 0 Å². The molecule has 1 fully saturated rings. The van der Waals surface area contributed by atoms with Crippen molar-refractivity contribution in [3.05, 3.63) is 29.3 Å². The van der Waals surface area contributed by atoms with Crippen molar-refractivity contribution < 1.29 is 13.2 Å². The lowest BCUT2D eigenvalue weighted by Crippen LogP contribution is -2.48. The highest BCUT2D eigenvalue weighted by molar-refractivity contribution is 7.89. The number of benzene rings is 1. The van der Waals surface area contributed by atoms with E-state index in [1.54, 1.807) is 0 Å². The van der Waals surface area contributed by atoms with Gasteiger partial charge in [0.25, 0.3) is 0 Å². The molecular formula is C13H19Cl2N3O3S. The van der Waals surface area contributed by atoms with E-state index in [-0.39, 0.29) is 29.3 Å². The van der Waals surface area contributed by atoms with Crippen molar-refractivity contribution in [3.8, 4) is 0 Å². The number of carbonyl (C=O) groups excluding carboxylic acids is 1. The Kier molecular flexibility index (Phi) is 7.08. The van der Waals surface area contributed by atoms with Crippen LogP contribution in [0.3, 0.4) is 0 Å². The molecule has 9 heteroatoms. The highest BCUT2D eigenvalue weighted by atomic mass is 35.5. The van der Waals surface area contributed by atoms with Gasteiger partial charge in [-0.1, -0.05) is 11.6 Å². The minimum absolute atomic E-state index is 0. The van der Waals surface area contributed by atoms with Gasteiger partial charge in [0.05, 0.1) is 10.9 Å². The largest absolute Gasteiger partial charge is 0.351 e. The SMILES string of the molecule is CC(NS(=O)(=O)c1ccc(Cl)cc1)C(=O)NC1CCNC1.Cl. The van der Waals surface area contributed by atoms with Crippen molar-refractivity contribution in [3.63, 3.8) is 0 Å². The smallest absolute Gasteiger partial charge is 0.241 e. The van der Waals surface area contributed by atoms with E-state index in [0.717, 1.165) is 13.0 Å². The molecule has 124 valence electrons. The molecule has 1 aliphatic rings. The zero-order chi connectivity index (χ0) is 15.5. The summed E-state index contributed by atoms with van der Waals surface area (Å²) in [6.45, 7) is 3.09. The maximum atomic E-state index is 12.1. The maximum absolute atomic E-state index is 12.1. The molecule has 1 aromatic carbocycles. The normalized spacial score (nSPS) is 19.3. The molecule has 1 aromatic rings. The van der Waals surface area contributed by atoms with Crippen LogP contribution in [0.2, 0.25) is 5.02 Å². The van der Waals surface area contributed by atoms with Gasteiger partial charge in [-0.25, -0.2) is 8.42 Å². The summed E-state index contributed by atoms with van der Waals surface area (Å²) in [4.78, 5) is 12.1. The minimum Gasteiger partial charge on any atom is -0.351 e. The quantitative estimate of drug-likeness (QED) is 0.721. The predicted octanol–water partition coefficient (Wildman–Crippen LogP) is 0.907.